The van der Waals surface area contributed by atoms with Gasteiger partial charge in [-0.2, -0.15) is 5.26 Å². The van der Waals surface area contributed by atoms with Crippen LogP contribution in [0.15, 0.2) is 23.8 Å². The Kier molecular flexibility index (Phi) is 5.83. The first kappa shape index (κ1) is 15.0. The fourth-order valence-corrected chi connectivity index (χ4v) is 1.53. The van der Waals surface area contributed by atoms with E-state index < -0.39 is 0 Å². The minimum absolute atomic E-state index is 0.0766. The van der Waals surface area contributed by atoms with Crippen molar-refractivity contribution in [3.63, 3.8) is 0 Å². The molecule has 0 amide bonds. The fraction of sp³-hybridized carbons (Fsp3) is 0.286. The first-order valence-corrected chi connectivity index (χ1v) is 6.25. The minimum atomic E-state index is 0.0766. The molecule has 0 saturated carbocycles. The van der Waals surface area contributed by atoms with E-state index >= 15 is 0 Å². The van der Waals surface area contributed by atoms with Crippen LogP contribution >= 0.6 is 12.2 Å². The molecular weight excluding hydrogens is 260 g/mol. The maximum atomic E-state index is 8.91. The van der Waals surface area contributed by atoms with E-state index in [0.29, 0.717) is 18.1 Å². The van der Waals surface area contributed by atoms with E-state index in [1.54, 1.807) is 25.3 Å². The highest BCUT2D eigenvalue weighted by Crippen LogP contribution is 2.29. The zero-order valence-electron chi connectivity index (χ0n) is 11.0. The van der Waals surface area contributed by atoms with Crippen LogP contribution in [0.4, 0.5) is 0 Å². The largest absolute Gasteiger partial charge is 0.493 e. The monoisotopic (exact) mass is 276 g/mol. The molecular formula is C14H16N2O2S. The van der Waals surface area contributed by atoms with Crippen LogP contribution in [0.3, 0.4) is 0 Å². The minimum Gasteiger partial charge on any atom is -0.493 e. The summed E-state index contributed by atoms with van der Waals surface area (Å²) in [4.78, 5) is 0.0766. The van der Waals surface area contributed by atoms with E-state index in [0.717, 1.165) is 12.0 Å². The van der Waals surface area contributed by atoms with Gasteiger partial charge in [0.15, 0.2) is 11.5 Å². The number of methoxy groups -OCH3 is 1. The van der Waals surface area contributed by atoms with E-state index in [2.05, 4.69) is 0 Å². The van der Waals surface area contributed by atoms with Crippen molar-refractivity contribution < 1.29 is 9.47 Å². The summed E-state index contributed by atoms with van der Waals surface area (Å²) in [6, 6.07) is 7.36. The molecule has 0 aliphatic carbocycles. The van der Waals surface area contributed by atoms with Crippen molar-refractivity contribution >= 4 is 23.3 Å². The lowest BCUT2D eigenvalue weighted by molar-refractivity contribution is 0.294. The summed E-state index contributed by atoms with van der Waals surface area (Å²) in [5.74, 6) is 1.29. The molecule has 0 atom stereocenters. The van der Waals surface area contributed by atoms with E-state index in [9.17, 15) is 0 Å². The third-order valence-electron chi connectivity index (χ3n) is 2.35. The summed E-state index contributed by atoms with van der Waals surface area (Å²) in [5.41, 5.74) is 6.49. The van der Waals surface area contributed by atoms with Crippen LogP contribution in [0, 0.1) is 11.3 Å². The van der Waals surface area contributed by atoms with Gasteiger partial charge >= 0.3 is 0 Å². The second-order valence-corrected chi connectivity index (χ2v) is 4.23. The van der Waals surface area contributed by atoms with Crippen LogP contribution in [-0.2, 0) is 0 Å². The molecule has 5 heteroatoms. The van der Waals surface area contributed by atoms with Gasteiger partial charge < -0.3 is 15.2 Å². The quantitative estimate of drug-likeness (QED) is 0.491. The van der Waals surface area contributed by atoms with E-state index in [1.165, 1.54) is 0 Å². The highest BCUT2D eigenvalue weighted by atomic mass is 32.1. The zero-order chi connectivity index (χ0) is 14.3. The lowest BCUT2D eigenvalue weighted by Crippen LogP contribution is -2.09. The van der Waals surface area contributed by atoms with Crippen molar-refractivity contribution in [2.75, 3.05) is 13.7 Å². The molecule has 0 aliphatic heterocycles. The fourth-order valence-electron chi connectivity index (χ4n) is 1.43. The van der Waals surface area contributed by atoms with Gasteiger partial charge in [-0.1, -0.05) is 25.2 Å². The topological polar surface area (TPSA) is 68.3 Å². The Bertz CT molecular complexity index is 533. The van der Waals surface area contributed by atoms with Crippen molar-refractivity contribution in [1.29, 1.82) is 5.26 Å². The number of nitrogens with two attached hydrogens (primary N) is 1. The summed E-state index contributed by atoms with van der Waals surface area (Å²) in [6.07, 6.45) is 2.54. The molecule has 0 bridgehead atoms. The Hall–Kier alpha value is -2.06. The van der Waals surface area contributed by atoms with Crippen molar-refractivity contribution in [2.24, 2.45) is 5.73 Å². The number of nitrogens with zero attached hydrogens (tertiary/aromatic N) is 1. The Morgan fingerprint density at radius 2 is 2.21 bits per heavy atom. The van der Waals surface area contributed by atoms with Gasteiger partial charge in [-0.05, 0) is 30.2 Å². The first-order valence-electron chi connectivity index (χ1n) is 5.84. The zero-order valence-corrected chi connectivity index (χ0v) is 11.8. The van der Waals surface area contributed by atoms with Gasteiger partial charge in [0.25, 0.3) is 0 Å². The average molecular weight is 276 g/mol. The summed E-state index contributed by atoms with van der Waals surface area (Å²) >= 11 is 4.79. The molecule has 0 heterocycles. The molecule has 0 spiro atoms. The number of thiocarbonyl (C=S) groups is 1. The van der Waals surface area contributed by atoms with Gasteiger partial charge in [-0.3, -0.25) is 0 Å². The van der Waals surface area contributed by atoms with Gasteiger partial charge in [-0.15, -0.1) is 0 Å². The molecule has 1 rings (SSSR count). The molecule has 0 aliphatic rings. The normalized spacial score (nSPS) is 10.7. The number of ether oxygens (including phenoxy) is 2. The first-order chi connectivity index (χ1) is 9.12. The van der Waals surface area contributed by atoms with Crippen LogP contribution in [0.25, 0.3) is 6.08 Å². The Morgan fingerprint density at radius 3 is 2.74 bits per heavy atom. The van der Waals surface area contributed by atoms with Gasteiger partial charge in [0.1, 0.15) is 11.1 Å². The molecule has 0 saturated heterocycles. The van der Waals surface area contributed by atoms with Crippen LogP contribution in [0.5, 0.6) is 11.5 Å². The van der Waals surface area contributed by atoms with Gasteiger partial charge in [0.2, 0.25) is 0 Å². The highest BCUT2D eigenvalue weighted by Gasteiger charge is 2.06. The Morgan fingerprint density at radius 1 is 1.47 bits per heavy atom. The van der Waals surface area contributed by atoms with Gasteiger partial charge in [-0.25, -0.2) is 0 Å². The third kappa shape index (κ3) is 4.27. The smallest absolute Gasteiger partial charge is 0.161 e. The molecule has 0 aromatic heterocycles. The standard InChI is InChI=1S/C14H16N2O2S/c1-3-6-18-12-5-4-10(8-13(12)17-2)7-11(9-15)14(16)19/h4-5,7-8H,3,6H2,1-2H3,(H2,16,19)/b11-7+. The Balaban J connectivity index is 3.06. The van der Waals surface area contributed by atoms with Crippen LogP contribution in [-0.4, -0.2) is 18.7 Å². The second-order valence-electron chi connectivity index (χ2n) is 3.79. The average Bonchev–Trinajstić information content (AvgIpc) is 2.42. The summed E-state index contributed by atoms with van der Waals surface area (Å²) in [5, 5.41) is 8.91. The molecule has 2 N–H and O–H groups in total. The molecule has 1 aromatic rings. The van der Waals surface area contributed by atoms with Crippen molar-refractivity contribution in [3.05, 3.63) is 29.3 Å². The predicted octanol–water partition coefficient (Wildman–Crippen LogP) is 2.68. The number of nitriles is 1. The van der Waals surface area contributed by atoms with Crippen LogP contribution < -0.4 is 15.2 Å². The molecule has 0 fully saturated rings. The number of hydrogen-bond donors (Lipinski definition) is 1. The molecule has 0 radical (unpaired) electrons. The van der Waals surface area contributed by atoms with E-state index in [-0.39, 0.29) is 10.6 Å². The van der Waals surface area contributed by atoms with E-state index in [1.807, 2.05) is 19.1 Å². The highest BCUT2D eigenvalue weighted by molar-refractivity contribution is 7.80. The second kappa shape index (κ2) is 7.39. The van der Waals surface area contributed by atoms with Crippen molar-refractivity contribution in [2.45, 2.75) is 13.3 Å². The molecule has 0 unspecified atom stereocenters. The summed E-state index contributed by atoms with van der Waals surface area (Å²) < 4.78 is 10.8. The number of hydrogen-bond acceptors (Lipinski definition) is 4. The van der Waals surface area contributed by atoms with Gasteiger partial charge in [0, 0.05) is 0 Å². The number of rotatable bonds is 6. The van der Waals surface area contributed by atoms with Crippen LogP contribution in [0.2, 0.25) is 0 Å². The molecule has 1 aromatic carbocycles. The molecule has 4 nitrogen and oxygen atoms in total. The number of benzene rings is 1. The maximum Gasteiger partial charge on any atom is 0.161 e. The van der Waals surface area contributed by atoms with Crippen LogP contribution in [0.1, 0.15) is 18.9 Å². The lowest BCUT2D eigenvalue weighted by atomic mass is 10.1. The Labute approximate surface area is 118 Å². The van der Waals surface area contributed by atoms with Crippen molar-refractivity contribution in [3.8, 4) is 17.6 Å². The third-order valence-corrected chi connectivity index (χ3v) is 2.57. The van der Waals surface area contributed by atoms with Gasteiger partial charge in [0.05, 0.1) is 19.3 Å². The SMILES string of the molecule is CCCOc1ccc(/C=C(\C#N)C(N)=S)cc1OC. The maximum absolute atomic E-state index is 8.91. The predicted molar refractivity (Wildman–Crippen MR) is 79.2 cm³/mol. The molecule has 100 valence electrons. The molecule has 19 heavy (non-hydrogen) atoms. The summed E-state index contributed by atoms with van der Waals surface area (Å²) in [6.45, 7) is 2.66. The lowest BCUT2D eigenvalue weighted by Gasteiger charge is -2.10. The van der Waals surface area contributed by atoms with Crippen molar-refractivity contribution in [1.82, 2.24) is 0 Å². The summed E-state index contributed by atoms with van der Waals surface area (Å²) in [7, 11) is 1.57. The van der Waals surface area contributed by atoms with E-state index in [4.69, 9.17) is 32.7 Å².